The highest BCUT2D eigenvalue weighted by Crippen LogP contribution is 2.24. The van der Waals surface area contributed by atoms with Gasteiger partial charge in [-0.3, -0.25) is 15.0 Å². The summed E-state index contributed by atoms with van der Waals surface area (Å²) in [6.45, 7) is 9.44. The van der Waals surface area contributed by atoms with Crippen LogP contribution in [0.25, 0.3) is 0 Å². The van der Waals surface area contributed by atoms with Gasteiger partial charge >= 0.3 is 0 Å². The summed E-state index contributed by atoms with van der Waals surface area (Å²) in [5, 5.41) is 9.08. The Morgan fingerprint density at radius 2 is 2.17 bits per heavy atom. The number of piperidine rings is 1. The van der Waals surface area contributed by atoms with E-state index in [1.54, 1.807) is 13.0 Å². The van der Waals surface area contributed by atoms with Crippen molar-refractivity contribution in [1.29, 1.82) is 0 Å². The zero-order valence-corrected chi connectivity index (χ0v) is 14.5. The monoisotopic (exact) mass is 334 g/mol. The number of nitrogens with zero attached hydrogens (tertiary/aromatic N) is 3. The molecule has 1 N–H and O–H groups in total. The number of hydrogen-bond donors (Lipinski definition) is 1. The Morgan fingerprint density at radius 1 is 1.43 bits per heavy atom. The van der Waals surface area contributed by atoms with Crippen molar-refractivity contribution in [1.82, 2.24) is 15.0 Å². The minimum absolute atomic E-state index is 0.206. The second kappa shape index (κ2) is 6.80. The van der Waals surface area contributed by atoms with E-state index in [0.717, 1.165) is 37.2 Å². The van der Waals surface area contributed by atoms with Crippen LogP contribution in [-0.2, 0) is 6.54 Å². The Labute approximate surface area is 139 Å². The molecule has 2 atom stereocenters. The molecule has 0 saturated carbocycles. The molecule has 3 heterocycles. The van der Waals surface area contributed by atoms with Crippen molar-refractivity contribution in [2.45, 2.75) is 33.7 Å². The van der Waals surface area contributed by atoms with Crippen LogP contribution in [0.2, 0.25) is 0 Å². The predicted octanol–water partition coefficient (Wildman–Crippen LogP) is 3.17. The van der Waals surface area contributed by atoms with Crippen LogP contribution < -0.4 is 5.32 Å². The van der Waals surface area contributed by atoms with Crippen molar-refractivity contribution in [3.8, 4) is 0 Å². The third kappa shape index (κ3) is 4.17. The predicted molar refractivity (Wildman–Crippen MR) is 89.5 cm³/mol. The largest absolute Gasteiger partial charge is 0.351 e. The van der Waals surface area contributed by atoms with Gasteiger partial charge in [0, 0.05) is 31.1 Å². The molecular weight excluding hydrogens is 312 g/mol. The van der Waals surface area contributed by atoms with Crippen LogP contribution in [0.5, 0.6) is 0 Å². The molecule has 1 aliphatic rings. The van der Waals surface area contributed by atoms with Crippen molar-refractivity contribution in [2.24, 2.45) is 11.8 Å². The average Bonchev–Trinajstić information content (AvgIpc) is 3.07. The molecule has 2 aromatic rings. The quantitative estimate of drug-likeness (QED) is 0.930. The van der Waals surface area contributed by atoms with Gasteiger partial charge in [0.15, 0.2) is 5.13 Å². The molecule has 0 radical (unpaired) electrons. The summed E-state index contributed by atoms with van der Waals surface area (Å²) in [5.74, 6) is 1.35. The van der Waals surface area contributed by atoms with Crippen LogP contribution in [0, 0.1) is 18.8 Å². The van der Waals surface area contributed by atoms with Crippen LogP contribution in [0.4, 0.5) is 5.13 Å². The van der Waals surface area contributed by atoms with Gasteiger partial charge in [-0.2, -0.15) is 0 Å². The number of amides is 1. The number of aryl methyl sites for hydroxylation is 1. The van der Waals surface area contributed by atoms with Crippen molar-refractivity contribution >= 4 is 22.4 Å². The fourth-order valence-electron chi connectivity index (χ4n) is 3.22. The van der Waals surface area contributed by atoms with E-state index < -0.39 is 0 Å². The Morgan fingerprint density at radius 3 is 2.83 bits per heavy atom. The maximum atomic E-state index is 12.0. The van der Waals surface area contributed by atoms with E-state index in [1.165, 1.54) is 17.8 Å². The number of hydrogen-bond acceptors (Lipinski definition) is 6. The first kappa shape index (κ1) is 16.1. The summed E-state index contributed by atoms with van der Waals surface area (Å²) in [5.41, 5.74) is 1.68. The van der Waals surface area contributed by atoms with Gasteiger partial charge in [-0.05, 0) is 25.2 Å². The molecule has 1 fully saturated rings. The molecule has 0 aromatic carbocycles. The summed E-state index contributed by atoms with van der Waals surface area (Å²) in [6.07, 6.45) is 1.30. The fourth-order valence-corrected chi connectivity index (χ4v) is 3.91. The van der Waals surface area contributed by atoms with Gasteiger partial charge < -0.3 is 4.52 Å². The number of thiazole rings is 1. The lowest BCUT2D eigenvalue weighted by molar-refractivity contribution is 0.0988. The van der Waals surface area contributed by atoms with E-state index in [0.29, 0.717) is 10.8 Å². The number of rotatable bonds is 4. The molecule has 0 aliphatic carbocycles. The van der Waals surface area contributed by atoms with Crippen LogP contribution in [0.1, 0.15) is 42.2 Å². The van der Waals surface area contributed by atoms with Crippen LogP contribution in [-0.4, -0.2) is 34.0 Å². The second-order valence-corrected chi connectivity index (χ2v) is 7.43. The third-order valence-corrected chi connectivity index (χ3v) is 4.76. The fraction of sp³-hybridized carbons (Fsp3) is 0.562. The Hall–Kier alpha value is -1.73. The van der Waals surface area contributed by atoms with Crippen LogP contribution in [0.15, 0.2) is 16.0 Å². The third-order valence-electron chi connectivity index (χ3n) is 3.95. The lowest BCUT2D eigenvalue weighted by Crippen LogP contribution is -2.38. The summed E-state index contributed by atoms with van der Waals surface area (Å²) in [7, 11) is 0. The van der Waals surface area contributed by atoms with Gasteiger partial charge in [-0.1, -0.05) is 19.0 Å². The maximum Gasteiger partial charge on any atom is 0.296 e. The molecule has 1 saturated heterocycles. The molecule has 3 rings (SSSR count). The molecule has 7 heteroatoms. The minimum atomic E-state index is -0.313. The van der Waals surface area contributed by atoms with E-state index in [9.17, 15) is 4.79 Å². The minimum Gasteiger partial charge on any atom is -0.351 e. The lowest BCUT2D eigenvalue weighted by atomic mass is 9.92. The average molecular weight is 334 g/mol. The van der Waals surface area contributed by atoms with Crippen molar-refractivity contribution < 1.29 is 9.32 Å². The molecule has 2 aromatic heterocycles. The summed E-state index contributed by atoms with van der Waals surface area (Å²) in [4.78, 5) is 19.0. The Kier molecular flexibility index (Phi) is 4.77. The number of carbonyl (C=O) groups is 1. The highest BCUT2D eigenvalue weighted by molar-refractivity contribution is 7.13. The smallest absolute Gasteiger partial charge is 0.296 e. The van der Waals surface area contributed by atoms with Crippen molar-refractivity contribution in [3.63, 3.8) is 0 Å². The summed E-state index contributed by atoms with van der Waals surface area (Å²) in [6, 6.07) is 1.61. The molecule has 0 spiro atoms. The topological polar surface area (TPSA) is 71.3 Å². The van der Waals surface area contributed by atoms with E-state index in [1.807, 2.05) is 5.38 Å². The van der Waals surface area contributed by atoms with Gasteiger partial charge in [-0.25, -0.2) is 4.98 Å². The molecule has 124 valence electrons. The molecule has 6 nitrogen and oxygen atoms in total. The van der Waals surface area contributed by atoms with E-state index in [4.69, 9.17) is 4.52 Å². The standard InChI is InChI=1S/C16H22N4O2S/c1-10-4-11(2)7-20(6-10)8-13-9-23-16(17-13)18-15(21)14-5-12(3)19-22-14/h5,9-11H,4,6-8H2,1-3H3,(H,17,18,21). The number of likely N-dealkylation sites (tertiary alicyclic amines) is 1. The first-order valence-corrected chi connectivity index (χ1v) is 8.79. The van der Waals surface area contributed by atoms with E-state index in [2.05, 4.69) is 34.2 Å². The van der Waals surface area contributed by atoms with E-state index >= 15 is 0 Å². The number of carbonyl (C=O) groups excluding carboxylic acids is 1. The highest BCUT2D eigenvalue weighted by atomic mass is 32.1. The van der Waals surface area contributed by atoms with Crippen LogP contribution >= 0.6 is 11.3 Å². The second-order valence-electron chi connectivity index (χ2n) is 6.57. The Bertz CT molecular complexity index is 671. The number of aromatic nitrogens is 2. The van der Waals surface area contributed by atoms with Gasteiger partial charge in [-0.15, -0.1) is 11.3 Å². The van der Waals surface area contributed by atoms with Gasteiger partial charge in [0.2, 0.25) is 5.76 Å². The summed E-state index contributed by atoms with van der Waals surface area (Å²) < 4.78 is 4.96. The SMILES string of the molecule is Cc1cc(C(=O)Nc2nc(CN3CC(C)CC(C)C3)cs2)on1. The molecule has 2 unspecified atom stereocenters. The zero-order valence-electron chi connectivity index (χ0n) is 13.7. The lowest BCUT2D eigenvalue weighted by Gasteiger charge is -2.34. The van der Waals surface area contributed by atoms with Gasteiger partial charge in [0.25, 0.3) is 5.91 Å². The highest BCUT2D eigenvalue weighted by Gasteiger charge is 2.22. The molecule has 1 aliphatic heterocycles. The number of nitrogens with one attached hydrogen (secondary N) is 1. The Balaban J connectivity index is 1.58. The normalized spacial score (nSPS) is 22.2. The van der Waals surface area contributed by atoms with Crippen molar-refractivity contribution in [2.75, 3.05) is 18.4 Å². The first-order chi connectivity index (χ1) is 11.0. The molecule has 1 amide bonds. The van der Waals surface area contributed by atoms with Gasteiger partial charge in [0.1, 0.15) is 0 Å². The summed E-state index contributed by atoms with van der Waals surface area (Å²) >= 11 is 1.44. The van der Waals surface area contributed by atoms with E-state index in [-0.39, 0.29) is 11.7 Å². The number of anilines is 1. The van der Waals surface area contributed by atoms with Gasteiger partial charge in [0.05, 0.1) is 11.4 Å². The molecule has 23 heavy (non-hydrogen) atoms. The molecule has 0 bridgehead atoms. The maximum absolute atomic E-state index is 12.0. The zero-order chi connectivity index (χ0) is 16.4. The first-order valence-electron chi connectivity index (χ1n) is 7.91. The van der Waals surface area contributed by atoms with Crippen LogP contribution in [0.3, 0.4) is 0 Å². The van der Waals surface area contributed by atoms with Crippen molar-refractivity contribution in [3.05, 3.63) is 28.6 Å². The molecular formula is C16H22N4O2S.